The lowest BCUT2D eigenvalue weighted by Crippen LogP contribution is -2.51. The number of hydrogen-bond donors (Lipinski definition) is 3. The van der Waals surface area contributed by atoms with E-state index in [1.807, 2.05) is 6.07 Å². The summed E-state index contributed by atoms with van der Waals surface area (Å²) in [5.41, 5.74) is 3.92. The van der Waals surface area contributed by atoms with E-state index in [1.54, 1.807) is 6.07 Å². The molecular formula is C32H37FN2O5. The second kappa shape index (κ2) is 12.5. The molecule has 0 unspecified atom stereocenters. The topological polar surface area (TPSA) is 101 Å². The Morgan fingerprint density at radius 3 is 2.30 bits per heavy atom. The molecule has 2 aromatic carbocycles. The van der Waals surface area contributed by atoms with Crippen molar-refractivity contribution in [2.24, 2.45) is 0 Å². The molecule has 1 aliphatic carbocycles. The lowest BCUT2D eigenvalue weighted by Gasteiger charge is -2.49. The zero-order chi connectivity index (χ0) is 28.0. The molecule has 3 heterocycles. The molecule has 3 aromatic rings. The van der Waals surface area contributed by atoms with E-state index in [1.165, 1.54) is 41.6 Å². The van der Waals surface area contributed by atoms with Crippen LogP contribution in [0.3, 0.4) is 0 Å². The fourth-order valence-corrected chi connectivity index (χ4v) is 6.36. The monoisotopic (exact) mass is 548 g/mol. The summed E-state index contributed by atoms with van der Waals surface area (Å²) in [4.78, 5) is 14.8. The Morgan fingerprint density at radius 1 is 0.975 bits per heavy atom. The Labute approximate surface area is 234 Å². The second-order valence-corrected chi connectivity index (χ2v) is 11.1. The summed E-state index contributed by atoms with van der Waals surface area (Å²) in [6.45, 7) is 3.18. The van der Waals surface area contributed by atoms with Crippen LogP contribution in [0.25, 0.3) is 0 Å². The molecule has 2 aliphatic heterocycles. The quantitative estimate of drug-likeness (QED) is 0.396. The molecule has 2 saturated heterocycles. The predicted octanol–water partition coefficient (Wildman–Crippen LogP) is 5.06. The zero-order valence-corrected chi connectivity index (χ0v) is 22.7. The molecule has 0 saturated carbocycles. The van der Waals surface area contributed by atoms with Crippen molar-refractivity contribution in [2.45, 2.75) is 62.0 Å². The predicted molar refractivity (Wildman–Crippen MR) is 149 cm³/mol. The maximum atomic E-state index is 13.6. The molecule has 6 rings (SSSR count). The van der Waals surface area contributed by atoms with Crippen LogP contribution in [0.2, 0.25) is 0 Å². The van der Waals surface area contributed by atoms with Crippen molar-refractivity contribution < 1.29 is 28.9 Å². The van der Waals surface area contributed by atoms with E-state index in [2.05, 4.69) is 34.6 Å². The third kappa shape index (κ3) is 6.69. The molecule has 0 bridgehead atoms. The number of rotatable bonds is 6. The molecule has 1 aromatic heterocycles. The minimum Gasteiger partial charge on any atom is -0.508 e. The van der Waals surface area contributed by atoms with Gasteiger partial charge >= 0.3 is 5.97 Å². The number of phenolic OH excluding ortho intramolecular Hbond substituents is 1. The van der Waals surface area contributed by atoms with Crippen LogP contribution in [0, 0.1) is 5.82 Å². The maximum Gasteiger partial charge on any atom is 0.335 e. The highest BCUT2D eigenvalue weighted by Crippen LogP contribution is 2.47. The summed E-state index contributed by atoms with van der Waals surface area (Å²) < 4.78 is 25.5. The lowest BCUT2D eigenvalue weighted by molar-refractivity contribution is -0.154. The maximum absolute atomic E-state index is 13.6. The summed E-state index contributed by atoms with van der Waals surface area (Å²) in [5, 5.41) is 20.9. The van der Waals surface area contributed by atoms with Gasteiger partial charge in [0.2, 0.25) is 0 Å². The highest BCUT2D eigenvalue weighted by Gasteiger charge is 2.48. The van der Waals surface area contributed by atoms with Gasteiger partial charge in [-0.3, -0.25) is 4.98 Å². The normalized spacial score (nSPS) is 21.8. The number of aromatic carboxylic acids is 1. The van der Waals surface area contributed by atoms with Crippen LogP contribution in [0.5, 0.6) is 5.75 Å². The molecule has 3 aliphatic rings. The fourth-order valence-electron chi connectivity index (χ4n) is 6.36. The van der Waals surface area contributed by atoms with E-state index in [0.29, 0.717) is 6.04 Å². The van der Waals surface area contributed by atoms with Crippen LogP contribution in [0.4, 0.5) is 4.39 Å². The Morgan fingerprint density at radius 2 is 1.68 bits per heavy atom. The standard InChI is InChI=1S/C25H31FN2O2.C7H6O3/c26-21-5-6-23(28-17-21)24(8-14-30-25(18-24)9-12-29-13-10-25)7-11-27-22-15-19-3-1-2-4-20(19)16-22;8-6-3-1-5(2-4-6)7(9)10/h1-6,17,22,27H,7-16,18H2;1-4,8H,(H,9,10)/t24-;/m1./s1. The third-order valence-corrected chi connectivity index (χ3v) is 8.53. The van der Waals surface area contributed by atoms with Gasteiger partial charge in [0.15, 0.2) is 0 Å². The smallest absolute Gasteiger partial charge is 0.335 e. The van der Waals surface area contributed by atoms with Crippen molar-refractivity contribution in [3.05, 3.63) is 95.1 Å². The van der Waals surface area contributed by atoms with Gasteiger partial charge in [0, 0.05) is 37.0 Å². The number of nitrogens with one attached hydrogen (secondary N) is 1. The average Bonchev–Trinajstić information content (AvgIpc) is 3.37. The van der Waals surface area contributed by atoms with Gasteiger partial charge in [-0.2, -0.15) is 0 Å². The zero-order valence-electron chi connectivity index (χ0n) is 22.7. The summed E-state index contributed by atoms with van der Waals surface area (Å²) in [6.07, 6.45) is 8.29. The van der Waals surface area contributed by atoms with Gasteiger partial charge in [-0.1, -0.05) is 24.3 Å². The average molecular weight is 549 g/mol. The number of carbonyl (C=O) groups is 1. The van der Waals surface area contributed by atoms with Gasteiger partial charge in [-0.25, -0.2) is 9.18 Å². The number of pyridine rings is 1. The number of benzene rings is 2. The minimum atomic E-state index is -0.986. The largest absolute Gasteiger partial charge is 0.508 e. The van der Waals surface area contributed by atoms with Gasteiger partial charge in [0.1, 0.15) is 11.6 Å². The summed E-state index contributed by atoms with van der Waals surface area (Å²) in [6, 6.07) is 18.1. The summed E-state index contributed by atoms with van der Waals surface area (Å²) in [5.74, 6) is -1.19. The number of aromatic nitrogens is 1. The number of phenols is 1. The first-order valence-corrected chi connectivity index (χ1v) is 14.0. The highest BCUT2D eigenvalue weighted by atomic mass is 19.1. The van der Waals surface area contributed by atoms with Crippen molar-refractivity contribution in [1.29, 1.82) is 0 Å². The van der Waals surface area contributed by atoms with E-state index in [4.69, 9.17) is 19.7 Å². The van der Waals surface area contributed by atoms with E-state index in [9.17, 15) is 9.18 Å². The van der Waals surface area contributed by atoms with Gasteiger partial charge in [0.25, 0.3) is 0 Å². The second-order valence-electron chi connectivity index (χ2n) is 11.1. The molecule has 40 heavy (non-hydrogen) atoms. The SMILES string of the molecule is Fc1ccc([C@]2(CCNC3Cc4ccccc4C3)CCOC3(CCOCC3)C2)nc1.O=C(O)c1ccc(O)cc1. The highest BCUT2D eigenvalue weighted by molar-refractivity contribution is 5.87. The number of halogens is 1. The fraction of sp³-hybridized carbons (Fsp3) is 0.438. The molecule has 1 spiro atoms. The van der Waals surface area contributed by atoms with Gasteiger partial charge in [-0.15, -0.1) is 0 Å². The van der Waals surface area contributed by atoms with Gasteiger partial charge in [0.05, 0.1) is 17.4 Å². The number of hydrogen-bond acceptors (Lipinski definition) is 6. The van der Waals surface area contributed by atoms with Crippen molar-refractivity contribution in [3.8, 4) is 5.75 Å². The Kier molecular flexibility index (Phi) is 8.78. The number of aromatic hydroxyl groups is 1. The number of carboxylic acid groups (broad SMARTS) is 1. The van der Waals surface area contributed by atoms with Gasteiger partial charge in [-0.05, 0) is 99.0 Å². The first-order chi connectivity index (χ1) is 19.4. The molecule has 7 nitrogen and oxygen atoms in total. The molecule has 0 amide bonds. The third-order valence-electron chi connectivity index (χ3n) is 8.53. The van der Waals surface area contributed by atoms with Crippen LogP contribution in [-0.4, -0.2) is 59.2 Å². The Bertz CT molecular complexity index is 1250. The van der Waals surface area contributed by atoms with Crippen molar-refractivity contribution in [2.75, 3.05) is 26.4 Å². The van der Waals surface area contributed by atoms with Crippen LogP contribution in [0.1, 0.15) is 59.3 Å². The molecule has 8 heteroatoms. The summed E-state index contributed by atoms with van der Waals surface area (Å²) in [7, 11) is 0. The van der Waals surface area contributed by atoms with Gasteiger partial charge < -0.3 is 25.0 Å². The van der Waals surface area contributed by atoms with Crippen LogP contribution < -0.4 is 5.32 Å². The number of carboxylic acids is 1. The molecule has 1 atom stereocenters. The van der Waals surface area contributed by atoms with Crippen molar-refractivity contribution >= 4 is 5.97 Å². The van der Waals surface area contributed by atoms with E-state index < -0.39 is 5.97 Å². The van der Waals surface area contributed by atoms with Crippen LogP contribution in [0.15, 0.2) is 66.9 Å². The van der Waals surface area contributed by atoms with Crippen molar-refractivity contribution in [3.63, 3.8) is 0 Å². The first-order valence-electron chi connectivity index (χ1n) is 14.0. The van der Waals surface area contributed by atoms with E-state index in [-0.39, 0.29) is 28.1 Å². The lowest BCUT2D eigenvalue weighted by atomic mass is 9.66. The number of ether oxygens (including phenoxy) is 2. The Hall–Kier alpha value is -3.33. The minimum absolute atomic E-state index is 0.0741. The molecule has 3 N–H and O–H groups in total. The number of fused-ring (bicyclic) bond motifs is 1. The van der Waals surface area contributed by atoms with Crippen molar-refractivity contribution in [1.82, 2.24) is 10.3 Å². The molecule has 212 valence electrons. The van der Waals surface area contributed by atoms with Crippen LogP contribution in [-0.2, 0) is 27.7 Å². The first kappa shape index (κ1) is 28.2. The molecule has 0 radical (unpaired) electrons. The molecule has 2 fully saturated rings. The van der Waals surface area contributed by atoms with E-state index in [0.717, 1.165) is 77.0 Å². The van der Waals surface area contributed by atoms with E-state index >= 15 is 0 Å². The molecular weight excluding hydrogens is 511 g/mol. The Balaban J connectivity index is 0.000000274. The number of nitrogens with zero attached hydrogens (tertiary/aromatic N) is 1. The van der Waals surface area contributed by atoms with Crippen LogP contribution >= 0.6 is 0 Å². The summed E-state index contributed by atoms with van der Waals surface area (Å²) >= 11 is 0.